The average molecular weight is 251 g/mol. The lowest BCUT2D eigenvalue weighted by Crippen LogP contribution is -2.00. The van der Waals surface area contributed by atoms with Gasteiger partial charge in [0, 0.05) is 18.2 Å². The Morgan fingerprint density at radius 3 is 2.82 bits per heavy atom. The zero-order valence-electron chi connectivity index (χ0n) is 9.06. The highest BCUT2D eigenvalue weighted by molar-refractivity contribution is 6.34. The van der Waals surface area contributed by atoms with Crippen LogP contribution in [0.2, 0.25) is 5.15 Å². The minimum Gasteiger partial charge on any atom is -0.481 e. The molecular weight excluding hydrogens is 240 g/mol. The van der Waals surface area contributed by atoms with E-state index >= 15 is 0 Å². The van der Waals surface area contributed by atoms with Gasteiger partial charge in [-0.05, 0) is 18.6 Å². The van der Waals surface area contributed by atoms with Crippen molar-refractivity contribution in [2.75, 3.05) is 0 Å². The number of halogens is 1. The molecule has 0 aliphatic heterocycles. The fourth-order valence-electron chi connectivity index (χ4n) is 1.59. The molecule has 0 unspecified atom stereocenters. The van der Waals surface area contributed by atoms with Crippen LogP contribution in [0.15, 0.2) is 24.3 Å². The van der Waals surface area contributed by atoms with Gasteiger partial charge in [0.2, 0.25) is 0 Å². The van der Waals surface area contributed by atoms with E-state index in [1.54, 1.807) is 0 Å². The van der Waals surface area contributed by atoms with Crippen molar-refractivity contribution in [1.82, 2.24) is 9.97 Å². The molecule has 0 fully saturated rings. The Morgan fingerprint density at radius 2 is 2.06 bits per heavy atom. The molecule has 0 saturated carbocycles. The summed E-state index contributed by atoms with van der Waals surface area (Å²) in [7, 11) is 0. The number of hydrogen-bond donors (Lipinski definition) is 1. The lowest BCUT2D eigenvalue weighted by Gasteiger charge is -2.03. The van der Waals surface area contributed by atoms with E-state index in [0.717, 1.165) is 10.9 Å². The molecule has 1 aromatic carbocycles. The molecule has 88 valence electrons. The summed E-state index contributed by atoms with van der Waals surface area (Å²) in [6, 6.07) is 7.48. The van der Waals surface area contributed by atoms with Gasteiger partial charge in [-0.1, -0.05) is 23.7 Å². The lowest BCUT2D eigenvalue weighted by molar-refractivity contribution is -0.137. The van der Waals surface area contributed by atoms with Gasteiger partial charge < -0.3 is 5.11 Å². The van der Waals surface area contributed by atoms with E-state index in [0.29, 0.717) is 23.8 Å². The third-order valence-electron chi connectivity index (χ3n) is 2.39. The molecule has 17 heavy (non-hydrogen) atoms. The molecule has 0 aliphatic rings. The maximum atomic E-state index is 10.4. The predicted octanol–water partition coefficient (Wildman–Crippen LogP) is 2.69. The summed E-state index contributed by atoms with van der Waals surface area (Å²) in [6.45, 7) is 0. The minimum atomic E-state index is -0.808. The number of nitrogens with zero attached hydrogens (tertiary/aromatic N) is 2. The van der Waals surface area contributed by atoms with Crippen LogP contribution in [0.5, 0.6) is 0 Å². The smallest absolute Gasteiger partial charge is 0.303 e. The number of carboxylic acids is 1. The van der Waals surface area contributed by atoms with E-state index in [9.17, 15) is 4.79 Å². The van der Waals surface area contributed by atoms with E-state index in [2.05, 4.69) is 9.97 Å². The summed E-state index contributed by atoms with van der Waals surface area (Å²) in [6.07, 6.45) is 1.16. The summed E-state index contributed by atoms with van der Waals surface area (Å²) < 4.78 is 0. The Labute approximate surface area is 103 Å². The third-order valence-corrected chi connectivity index (χ3v) is 2.68. The molecule has 0 atom stereocenters. The molecule has 2 aromatic rings. The van der Waals surface area contributed by atoms with Gasteiger partial charge in [0.05, 0.1) is 5.52 Å². The SMILES string of the molecule is O=C(O)CCCc1nc(Cl)c2ccccc2n1. The van der Waals surface area contributed by atoms with Gasteiger partial charge in [0.25, 0.3) is 0 Å². The Bertz CT molecular complexity index is 557. The third kappa shape index (κ3) is 2.91. The van der Waals surface area contributed by atoms with Gasteiger partial charge in [-0.15, -0.1) is 0 Å². The molecule has 1 heterocycles. The second-order valence-electron chi connectivity index (χ2n) is 3.70. The maximum absolute atomic E-state index is 10.4. The number of aryl methyl sites for hydroxylation is 1. The minimum absolute atomic E-state index is 0.119. The van der Waals surface area contributed by atoms with Gasteiger partial charge in [-0.2, -0.15) is 0 Å². The van der Waals surface area contributed by atoms with Crippen molar-refractivity contribution >= 4 is 28.5 Å². The van der Waals surface area contributed by atoms with E-state index < -0.39 is 5.97 Å². The highest BCUT2D eigenvalue weighted by atomic mass is 35.5. The monoisotopic (exact) mass is 250 g/mol. The zero-order chi connectivity index (χ0) is 12.3. The molecule has 0 bridgehead atoms. The second kappa shape index (κ2) is 5.10. The van der Waals surface area contributed by atoms with Crippen LogP contribution < -0.4 is 0 Å². The Balaban J connectivity index is 2.21. The number of carbonyl (C=O) groups is 1. The first-order valence-electron chi connectivity index (χ1n) is 5.30. The standard InChI is InChI=1S/C12H11ClN2O2/c13-12-8-4-1-2-5-9(8)14-10(15-12)6-3-7-11(16)17/h1-2,4-5H,3,6-7H2,(H,16,17). The summed E-state index contributed by atoms with van der Waals surface area (Å²) in [5.74, 6) is -0.216. The van der Waals surface area contributed by atoms with Gasteiger partial charge in [0.1, 0.15) is 11.0 Å². The topological polar surface area (TPSA) is 63.1 Å². The molecule has 0 aliphatic carbocycles. The summed E-state index contributed by atoms with van der Waals surface area (Å²) in [4.78, 5) is 18.9. The van der Waals surface area contributed by atoms with Gasteiger partial charge in [0.15, 0.2) is 0 Å². The average Bonchev–Trinajstić information content (AvgIpc) is 2.28. The summed E-state index contributed by atoms with van der Waals surface area (Å²) in [5.41, 5.74) is 0.790. The second-order valence-corrected chi connectivity index (χ2v) is 4.05. The quantitative estimate of drug-likeness (QED) is 0.848. The first-order valence-corrected chi connectivity index (χ1v) is 5.67. The van der Waals surface area contributed by atoms with Crippen LogP contribution in [-0.2, 0) is 11.2 Å². The summed E-state index contributed by atoms with van der Waals surface area (Å²) in [5, 5.41) is 9.78. The number of aromatic nitrogens is 2. The lowest BCUT2D eigenvalue weighted by atomic mass is 10.2. The number of benzene rings is 1. The fourth-order valence-corrected chi connectivity index (χ4v) is 1.85. The van der Waals surface area contributed by atoms with Crippen LogP contribution in [0.1, 0.15) is 18.7 Å². The number of carboxylic acid groups (broad SMARTS) is 1. The number of fused-ring (bicyclic) bond motifs is 1. The number of hydrogen-bond acceptors (Lipinski definition) is 3. The molecule has 4 nitrogen and oxygen atoms in total. The van der Waals surface area contributed by atoms with E-state index in [-0.39, 0.29) is 6.42 Å². The molecule has 2 rings (SSSR count). The maximum Gasteiger partial charge on any atom is 0.303 e. The highest BCUT2D eigenvalue weighted by Crippen LogP contribution is 2.20. The van der Waals surface area contributed by atoms with Crippen molar-refractivity contribution in [2.24, 2.45) is 0 Å². The van der Waals surface area contributed by atoms with Crippen LogP contribution in [0, 0.1) is 0 Å². The largest absolute Gasteiger partial charge is 0.481 e. The Kier molecular flexibility index (Phi) is 3.54. The van der Waals surface area contributed by atoms with Crippen LogP contribution in [0.3, 0.4) is 0 Å². The molecule has 0 spiro atoms. The number of rotatable bonds is 4. The van der Waals surface area contributed by atoms with Crippen molar-refractivity contribution in [3.63, 3.8) is 0 Å². The first-order chi connectivity index (χ1) is 8.16. The van der Waals surface area contributed by atoms with Crippen LogP contribution in [0.4, 0.5) is 0 Å². The first kappa shape index (κ1) is 11.8. The normalized spacial score (nSPS) is 10.6. The van der Waals surface area contributed by atoms with Crippen LogP contribution in [0.25, 0.3) is 10.9 Å². The van der Waals surface area contributed by atoms with Crippen LogP contribution >= 0.6 is 11.6 Å². The van der Waals surface area contributed by atoms with Gasteiger partial charge in [-0.25, -0.2) is 9.97 Å². The van der Waals surface area contributed by atoms with Gasteiger partial charge >= 0.3 is 5.97 Å². The van der Waals surface area contributed by atoms with Crippen molar-refractivity contribution in [3.8, 4) is 0 Å². The number of para-hydroxylation sites is 1. The fraction of sp³-hybridized carbons (Fsp3) is 0.250. The predicted molar refractivity (Wildman–Crippen MR) is 65.1 cm³/mol. The molecule has 0 amide bonds. The van der Waals surface area contributed by atoms with Crippen molar-refractivity contribution in [3.05, 3.63) is 35.2 Å². The van der Waals surface area contributed by atoms with Crippen molar-refractivity contribution in [1.29, 1.82) is 0 Å². The molecular formula is C12H11ClN2O2. The molecule has 5 heteroatoms. The van der Waals surface area contributed by atoms with E-state index in [1.807, 2.05) is 24.3 Å². The van der Waals surface area contributed by atoms with Crippen LogP contribution in [-0.4, -0.2) is 21.0 Å². The van der Waals surface area contributed by atoms with E-state index in [4.69, 9.17) is 16.7 Å². The summed E-state index contributed by atoms with van der Waals surface area (Å²) >= 11 is 6.04. The van der Waals surface area contributed by atoms with Crippen molar-refractivity contribution < 1.29 is 9.90 Å². The molecule has 1 aromatic heterocycles. The number of aliphatic carboxylic acids is 1. The Morgan fingerprint density at radius 1 is 1.29 bits per heavy atom. The molecule has 0 saturated heterocycles. The Hall–Kier alpha value is -1.68. The molecule has 1 N–H and O–H groups in total. The van der Waals surface area contributed by atoms with E-state index in [1.165, 1.54) is 0 Å². The van der Waals surface area contributed by atoms with Crippen molar-refractivity contribution in [2.45, 2.75) is 19.3 Å². The molecule has 0 radical (unpaired) electrons. The highest BCUT2D eigenvalue weighted by Gasteiger charge is 2.06. The van der Waals surface area contributed by atoms with Gasteiger partial charge in [-0.3, -0.25) is 4.79 Å². The zero-order valence-corrected chi connectivity index (χ0v) is 9.81.